The molecule has 0 spiro atoms. The highest BCUT2D eigenvalue weighted by molar-refractivity contribution is 9.10. The van der Waals surface area contributed by atoms with Gasteiger partial charge in [-0.1, -0.05) is 0 Å². The molecule has 2 aromatic heterocycles. The molecular weight excluding hydrogens is 302 g/mol. The fourth-order valence-electron chi connectivity index (χ4n) is 1.48. The Hall–Kier alpha value is -1.53. The van der Waals surface area contributed by atoms with E-state index in [-0.39, 0.29) is 17.8 Å². The number of ether oxygens (including phenoxy) is 1. The molecule has 0 fully saturated rings. The summed E-state index contributed by atoms with van der Waals surface area (Å²) in [4.78, 5) is 11.7. The summed E-state index contributed by atoms with van der Waals surface area (Å²) >= 11 is 3.14. The van der Waals surface area contributed by atoms with Crippen molar-refractivity contribution in [2.75, 3.05) is 13.7 Å². The van der Waals surface area contributed by atoms with Gasteiger partial charge in [0.1, 0.15) is 11.9 Å². The number of carbonyl (C=O) groups excluding carboxylic acids is 1. The first-order valence-corrected chi connectivity index (χ1v) is 6.09. The molecule has 1 amide bonds. The zero-order valence-corrected chi connectivity index (χ0v) is 11.3. The third-order valence-electron chi connectivity index (χ3n) is 2.39. The second kappa shape index (κ2) is 5.88. The Balaban J connectivity index is 1.92. The van der Waals surface area contributed by atoms with E-state index in [1.54, 1.807) is 37.6 Å². The highest BCUT2D eigenvalue weighted by Gasteiger charge is 2.16. The minimum absolute atomic E-state index is 0.246. The first kappa shape index (κ1) is 12.9. The summed E-state index contributed by atoms with van der Waals surface area (Å²) in [6.45, 7) is 0.307. The number of hydrogen-bond acceptors (Lipinski definition) is 4. The summed E-state index contributed by atoms with van der Waals surface area (Å²) in [6, 6.07) is 6.82. The Kier molecular flexibility index (Phi) is 4.22. The van der Waals surface area contributed by atoms with Crippen LogP contribution in [0.5, 0.6) is 0 Å². The number of rotatable bonds is 5. The van der Waals surface area contributed by atoms with Gasteiger partial charge in [0.2, 0.25) is 0 Å². The molecule has 0 aliphatic heterocycles. The maximum Gasteiger partial charge on any atom is 0.287 e. The van der Waals surface area contributed by atoms with Crippen LogP contribution in [0, 0.1) is 0 Å². The lowest BCUT2D eigenvalue weighted by atomic mass is 10.2. The molecule has 0 aliphatic carbocycles. The van der Waals surface area contributed by atoms with Crippen LogP contribution in [-0.4, -0.2) is 19.6 Å². The van der Waals surface area contributed by atoms with Gasteiger partial charge in [-0.05, 0) is 40.2 Å². The van der Waals surface area contributed by atoms with E-state index in [0.29, 0.717) is 17.0 Å². The lowest BCUT2D eigenvalue weighted by molar-refractivity contribution is 0.0724. The fraction of sp³-hybridized carbons (Fsp3) is 0.250. The van der Waals surface area contributed by atoms with E-state index in [1.807, 2.05) is 0 Å². The van der Waals surface area contributed by atoms with Gasteiger partial charge < -0.3 is 18.9 Å². The summed E-state index contributed by atoms with van der Waals surface area (Å²) in [5, 5.41) is 2.71. The van der Waals surface area contributed by atoms with Crippen LogP contribution >= 0.6 is 15.9 Å². The third-order valence-corrected chi connectivity index (χ3v) is 2.82. The van der Waals surface area contributed by atoms with Crippen molar-refractivity contribution in [2.24, 2.45) is 0 Å². The maximum atomic E-state index is 11.7. The molecule has 0 aromatic carbocycles. The molecule has 1 atom stereocenters. The molecule has 18 heavy (non-hydrogen) atoms. The molecule has 0 unspecified atom stereocenters. The van der Waals surface area contributed by atoms with Crippen molar-refractivity contribution < 1.29 is 18.4 Å². The molecular formula is C12H12BrNO4. The first-order chi connectivity index (χ1) is 8.70. The molecule has 0 radical (unpaired) electrons. The number of carbonyl (C=O) groups is 1. The number of methoxy groups -OCH3 is 1. The van der Waals surface area contributed by atoms with E-state index < -0.39 is 0 Å². The molecule has 2 rings (SSSR count). The first-order valence-electron chi connectivity index (χ1n) is 5.30. The van der Waals surface area contributed by atoms with Crippen LogP contribution in [0.3, 0.4) is 0 Å². The lowest BCUT2D eigenvalue weighted by Gasteiger charge is -2.12. The molecule has 1 N–H and O–H groups in total. The van der Waals surface area contributed by atoms with E-state index in [0.717, 1.165) is 0 Å². The van der Waals surface area contributed by atoms with Crippen molar-refractivity contribution in [1.82, 2.24) is 5.32 Å². The van der Waals surface area contributed by atoms with E-state index >= 15 is 0 Å². The van der Waals surface area contributed by atoms with E-state index in [9.17, 15) is 4.79 Å². The van der Waals surface area contributed by atoms with E-state index in [4.69, 9.17) is 13.6 Å². The molecule has 2 heterocycles. The quantitative estimate of drug-likeness (QED) is 0.921. The van der Waals surface area contributed by atoms with Crippen LogP contribution < -0.4 is 5.32 Å². The number of furan rings is 2. The van der Waals surface area contributed by atoms with Crippen LogP contribution in [0.15, 0.2) is 44.0 Å². The molecule has 96 valence electrons. The van der Waals surface area contributed by atoms with Gasteiger partial charge in [0, 0.05) is 7.11 Å². The van der Waals surface area contributed by atoms with Crippen molar-refractivity contribution in [1.29, 1.82) is 0 Å². The average molecular weight is 314 g/mol. The summed E-state index contributed by atoms with van der Waals surface area (Å²) in [7, 11) is 1.56. The monoisotopic (exact) mass is 313 g/mol. The van der Waals surface area contributed by atoms with E-state index in [2.05, 4.69) is 21.2 Å². The number of nitrogens with one attached hydrogen (secondary N) is 1. The number of hydrogen-bond donors (Lipinski definition) is 1. The average Bonchev–Trinajstić information content (AvgIpc) is 3.01. The van der Waals surface area contributed by atoms with Crippen molar-refractivity contribution in [3.8, 4) is 0 Å². The lowest BCUT2D eigenvalue weighted by Crippen LogP contribution is -2.28. The van der Waals surface area contributed by atoms with Crippen LogP contribution in [0.25, 0.3) is 0 Å². The topological polar surface area (TPSA) is 64.6 Å². The van der Waals surface area contributed by atoms with Crippen molar-refractivity contribution >= 4 is 21.8 Å². The fourth-order valence-corrected chi connectivity index (χ4v) is 1.79. The van der Waals surface area contributed by atoms with Crippen LogP contribution in [0.1, 0.15) is 22.4 Å². The molecule has 0 bridgehead atoms. The third kappa shape index (κ3) is 3.02. The molecule has 0 saturated carbocycles. The summed E-state index contributed by atoms with van der Waals surface area (Å²) < 4.78 is 16.1. The molecule has 0 saturated heterocycles. The predicted octanol–water partition coefficient (Wildman–Crippen LogP) is 2.75. The minimum atomic E-state index is -0.317. The standard InChI is InChI=1S/C12H12BrNO4/c1-16-10(8-3-2-6-17-8)7-14-12(15)9-4-5-11(13)18-9/h2-6,10H,7H2,1H3,(H,14,15)/t10-/m1/s1. The maximum absolute atomic E-state index is 11.7. The van der Waals surface area contributed by atoms with Crippen molar-refractivity contribution in [3.63, 3.8) is 0 Å². The second-order valence-corrected chi connectivity index (χ2v) is 4.34. The second-order valence-electron chi connectivity index (χ2n) is 3.55. The SMILES string of the molecule is CO[C@H](CNC(=O)c1ccc(Br)o1)c1ccco1. The molecule has 2 aromatic rings. The van der Waals surface area contributed by atoms with Gasteiger partial charge in [-0.2, -0.15) is 0 Å². The van der Waals surface area contributed by atoms with Gasteiger partial charge in [0.25, 0.3) is 5.91 Å². The van der Waals surface area contributed by atoms with Gasteiger partial charge in [-0.15, -0.1) is 0 Å². The Bertz CT molecular complexity index is 506. The normalized spacial score (nSPS) is 12.3. The van der Waals surface area contributed by atoms with Gasteiger partial charge in [-0.25, -0.2) is 0 Å². The van der Waals surface area contributed by atoms with E-state index in [1.165, 1.54) is 0 Å². The zero-order valence-electron chi connectivity index (χ0n) is 9.68. The van der Waals surface area contributed by atoms with Crippen LogP contribution in [-0.2, 0) is 4.74 Å². The highest BCUT2D eigenvalue weighted by atomic mass is 79.9. The minimum Gasteiger partial charge on any atom is -0.467 e. The van der Waals surface area contributed by atoms with Crippen molar-refractivity contribution in [3.05, 3.63) is 46.7 Å². The smallest absolute Gasteiger partial charge is 0.287 e. The Morgan fingerprint density at radius 1 is 1.50 bits per heavy atom. The van der Waals surface area contributed by atoms with Crippen LogP contribution in [0.2, 0.25) is 0 Å². The van der Waals surface area contributed by atoms with Gasteiger partial charge in [0.15, 0.2) is 10.4 Å². The largest absolute Gasteiger partial charge is 0.467 e. The zero-order chi connectivity index (χ0) is 13.0. The summed E-state index contributed by atoms with van der Waals surface area (Å²) in [5.74, 6) is 0.615. The van der Waals surface area contributed by atoms with Crippen molar-refractivity contribution in [2.45, 2.75) is 6.10 Å². The Morgan fingerprint density at radius 3 is 2.89 bits per heavy atom. The summed E-state index contributed by atoms with van der Waals surface area (Å²) in [5.41, 5.74) is 0. The summed E-state index contributed by atoms with van der Waals surface area (Å²) in [6.07, 6.45) is 1.25. The Labute approximate surface area is 112 Å². The molecule has 5 nitrogen and oxygen atoms in total. The van der Waals surface area contributed by atoms with Gasteiger partial charge in [-0.3, -0.25) is 4.79 Å². The highest BCUT2D eigenvalue weighted by Crippen LogP contribution is 2.17. The molecule has 0 aliphatic rings. The predicted molar refractivity (Wildman–Crippen MR) is 67.2 cm³/mol. The Morgan fingerprint density at radius 2 is 2.33 bits per heavy atom. The molecule has 6 heteroatoms. The van der Waals surface area contributed by atoms with Gasteiger partial charge in [0.05, 0.1) is 12.8 Å². The number of amides is 1. The van der Waals surface area contributed by atoms with Crippen LogP contribution in [0.4, 0.5) is 0 Å². The number of halogens is 1. The van der Waals surface area contributed by atoms with Gasteiger partial charge >= 0.3 is 0 Å².